The minimum atomic E-state index is -0.767. The maximum absolute atomic E-state index is 12.8. The van der Waals surface area contributed by atoms with Crippen LogP contribution in [-0.2, 0) is 28.6 Å². The van der Waals surface area contributed by atoms with Crippen molar-refractivity contribution in [2.45, 2.75) is 309 Å². The zero-order valence-corrected chi connectivity index (χ0v) is 41.2. The molecule has 0 saturated heterocycles. The van der Waals surface area contributed by atoms with Crippen LogP contribution in [0.4, 0.5) is 0 Å². The number of esters is 3. The zero-order valence-electron chi connectivity index (χ0n) is 41.2. The summed E-state index contributed by atoms with van der Waals surface area (Å²) >= 11 is 0. The highest BCUT2D eigenvalue weighted by Crippen LogP contribution is 2.17. The summed E-state index contributed by atoms with van der Waals surface area (Å²) in [4.78, 5) is 37.9. The smallest absolute Gasteiger partial charge is 0.306 e. The van der Waals surface area contributed by atoms with Gasteiger partial charge in [0.2, 0.25) is 0 Å². The van der Waals surface area contributed by atoms with Crippen molar-refractivity contribution in [3.8, 4) is 0 Å². The van der Waals surface area contributed by atoms with Crippen LogP contribution in [0.3, 0.4) is 0 Å². The SMILES string of the molecule is CCCCCC/C=C\CCCCCCCC(=O)OC(COC(=O)CCCCCCCCCCC)COC(=O)CCCCCCCCCCCCCCCCCCCCCCC. The van der Waals surface area contributed by atoms with Crippen LogP contribution >= 0.6 is 0 Å². The first-order valence-corrected chi connectivity index (χ1v) is 27.2. The van der Waals surface area contributed by atoms with Gasteiger partial charge in [0.05, 0.1) is 0 Å². The molecule has 0 aromatic rings. The molecule has 0 N–H and O–H groups in total. The van der Waals surface area contributed by atoms with Gasteiger partial charge >= 0.3 is 17.9 Å². The van der Waals surface area contributed by atoms with Crippen molar-refractivity contribution < 1.29 is 28.6 Å². The first-order chi connectivity index (χ1) is 30.0. The summed E-state index contributed by atoms with van der Waals surface area (Å²) in [5, 5.41) is 0. The Bertz CT molecular complexity index is 947. The Morgan fingerprint density at radius 3 is 0.836 bits per heavy atom. The van der Waals surface area contributed by atoms with Crippen molar-refractivity contribution in [1.29, 1.82) is 0 Å². The Morgan fingerprint density at radius 1 is 0.311 bits per heavy atom. The minimum Gasteiger partial charge on any atom is -0.462 e. The molecule has 0 heterocycles. The second-order valence-electron chi connectivity index (χ2n) is 18.5. The number of hydrogen-bond donors (Lipinski definition) is 0. The van der Waals surface area contributed by atoms with Crippen LogP contribution in [0.25, 0.3) is 0 Å². The van der Waals surface area contributed by atoms with E-state index in [1.165, 1.54) is 199 Å². The molecule has 0 aromatic carbocycles. The third-order valence-electron chi connectivity index (χ3n) is 12.3. The molecule has 0 saturated carbocycles. The number of allylic oxidation sites excluding steroid dienone is 2. The molecular weight excluding hydrogens is 757 g/mol. The lowest BCUT2D eigenvalue weighted by Gasteiger charge is -2.18. The summed E-state index contributed by atoms with van der Waals surface area (Å²) < 4.78 is 16.8. The molecule has 0 aliphatic heterocycles. The van der Waals surface area contributed by atoms with Gasteiger partial charge in [-0.25, -0.2) is 0 Å². The third-order valence-corrected chi connectivity index (χ3v) is 12.3. The van der Waals surface area contributed by atoms with E-state index in [1.54, 1.807) is 0 Å². The van der Waals surface area contributed by atoms with Gasteiger partial charge in [-0.15, -0.1) is 0 Å². The molecule has 1 atom stereocenters. The fourth-order valence-corrected chi connectivity index (χ4v) is 8.14. The zero-order chi connectivity index (χ0) is 44.4. The van der Waals surface area contributed by atoms with E-state index in [2.05, 4.69) is 32.9 Å². The van der Waals surface area contributed by atoms with Crippen molar-refractivity contribution in [2.24, 2.45) is 0 Å². The topological polar surface area (TPSA) is 78.9 Å². The van der Waals surface area contributed by atoms with Gasteiger partial charge in [0.25, 0.3) is 0 Å². The van der Waals surface area contributed by atoms with Crippen molar-refractivity contribution in [3.05, 3.63) is 12.2 Å². The van der Waals surface area contributed by atoms with Gasteiger partial charge < -0.3 is 14.2 Å². The van der Waals surface area contributed by atoms with Crippen LogP contribution in [0.2, 0.25) is 0 Å². The minimum absolute atomic E-state index is 0.0682. The highest BCUT2D eigenvalue weighted by Gasteiger charge is 2.19. The van der Waals surface area contributed by atoms with Gasteiger partial charge in [-0.1, -0.05) is 251 Å². The molecule has 61 heavy (non-hydrogen) atoms. The van der Waals surface area contributed by atoms with Gasteiger partial charge in [-0.05, 0) is 44.9 Å². The first kappa shape index (κ1) is 59.1. The lowest BCUT2D eigenvalue weighted by atomic mass is 10.0. The maximum atomic E-state index is 12.8. The summed E-state index contributed by atoms with van der Waals surface area (Å²) in [7, 11) is 0. The van der Waals surface area contributed by atoms with E-state index < -0.39 is 6.10 Å². The van der Waals surface area contributed by atoms with Crippen LogP contribution in [0.1, 0.15) is 303 Å². The molecule has 0 aromatic heterocycles. The summed E-state index contributed by atoms with van der Waals surface area (Å²) in [6.45, 7) is 6.64. The maximum Gasteiger partial charge on any atom is 0.306 e. The molecule has 0 radical (unpaired) electrons. The molecule has 6 nitrogen and oxygen atoms in total. The Labute approximate surface area is 380 Å². The van der Waals surface area contributed by atoms with Gasteiger partial charge in [-0.2, -0.15) is 0 Å². The van der Waals surface area contributed by atoms with E-state index in [4.69, 9.17) is 14.2 Å². The number of hydrogen-bond acceptors (Lipinski definition) is 6. The second-order valence-corrected chi connectivity index (χ2v) is 18.5. The average Bonchev–Trinajstić information content (AvgIpc) is 3.26. The highest BCUT2D eigenvalue weighted by molar-refractivity contribution is 5.71. The van der Waals surface area contributed by atoms with Crippen LogP contribution in [0.15, 0.2) is 12.2 Å². The largest absolute Gasteiger partial charge is 0.462 e. The molecule has 0 spiro atoms. The Balaban J connectivity index is 4.19. The van der Waals surface area contributed by atoms with Crippen LogP contribution < -0.4 is 0 Å². The van der Waals surface area contributed by atoms with Gasteiger partial charge in [0.1, 0.15) is 13.2 Å². The monoisotopic (exact) mass is 861 g/mol. The van der Waals surface area contributed by atoms with E-state index in [0.29, 0.717) is 19.3 Å². The third kappa shape index (κ3) is 49.0. The van der Waals surface area contributed by atoms with Crippen molar-refractivity contribution in [3.63, 3.8) is 0 Å². The van der Waals surface area contributed by atoms with Crippen molar-refractivity contribution in [1.82, 2.24) is 0 Å². The predicted molar refractivity (Wildman–Crippen MR) is 261 cm³/mol. The van der Waals surface area contributed by atoms with Gasteiger partial charge in [-0.3, -0.25) is 14.4 Å². The number of carbonyl (C=O) groups excluding carboxylic acids is 3. The lowest BCUT2D eigenvalue weighted by Crippen LogP contribution is -2.30. The van der Waals surface area contributed by atoms with Crippen molar-refractivity contribution >= 4 is 17.9 Å². The van der Waals surface area contributed by atoms with Gasteiger partial charge in [0.15, 0.2) is 6.10 Å². The standard InChI is InChI=1S/C55H104O6/c1-4-7-10-13-16-19-21-23-24-25-26-27-28-29-30-32-33-36-39-42-45-48-54(57)60-51-52(50-59-53(56)47-44-41-38-35-18-15-12-9-6-3)61-55(58)49-46-43-40-37-34-31-22-20-17-14-11-8-5-2/h20,22,52H,4-19,21,23-51H2,1-3H3/b22-20-. The molecule has 1 unspecified atom stereocenters. The van der Waals surface area contributed by atoms with E-state index in [1.807, 2.05) is 0 Å². The van der Waals surface area contributed by atoms with Crippen LogP contribution in [0.5, 0.6) is 0 Å². The number of carbonyl (C=O) groups is 3. The molecule has 6 heteroatoms. The molecule has 0 fully saturated rings. The Hall–Kier alpha value is -1.85. The summed E-state index contributed by atoms with van der Waals surface area (Å²) in [5.74, 6) is -0.862. The molecule has 0 amide bonds. The number of ether oxygens (including phenoxy) is 3. The van der Waals surface area contributed by atoms with Crippen LogP contribution in [0, 0.1) is 0 Å². The van der Waals surface area contributed by atoms with E-state index in [9.17, 15) is 14.4 Å². The molecule has 0 aliphatic carbocycles. The lowest BCUT2D eigenvalue weighted by molar-refractivity contribution is -0.167. The van der Waals surface area contributed by atoms with Gasteiger partial charge in [0, 0.05) is 19.3 Å². The van der Waals surface area contributed by atoms with Crippen molar-refractivity contribution in [2.75, 3.05) is 13.2 Å². The van der Waals surface area contributed by atoms with E-state index in [-0.39, 0.29) is 31.1 Å². The molecular formula is C55H104O6. The molecule has 360 valence electrons. The molecule has 0 aliphatic rings. The summed E-state index contributed by atoms with van der Waals surface area (Å²) in [5.41, 5.74) is 0. The molecule has 0 rings (SSSR count). The van der Waals surface area contributed by atoms with E-state index >= 15 is 0 Å². The number of rotatable bonds is 50. The summed E-state index contributed by atoms with van der Waals surface area (Å²) in [6, 6.07) is 0. The number of unbranched alkanes of at least 4 members (excludes halogenated alkanes) is 37. The van der Waals surface area contributed by atoms with Crippen LogP contribution in [-0.4, -0.2) is 37.2 Å². The fraction of sp³-hybridized carbons (Fsp3) is 0.909. The highest BCUT2D eigenvalue weighted by atomic mass is 16.6. The van der Waals surface area contributed by atoms with E-state index in [0.717, 1.165) is 64.2 Å². The first-order valence-electron chi connectivity index (χ1n) is 27.2. The Morgan fingerprint density at radius 2 is 0.541 bits per heavy atom. The fourth-order valence-electron chi connectivity index (χ4n) is 8.14. The second kappa shape index (κ2) is 50.8. The molecule has 0 bridgehead atoms. The quantitative estimate of drug-likeness (QED) is 0.0262. The predicted octanol–water partition coefficient (Wildman–Crippen LogP) is 17.8. The normalized spacial score (nSPS) is 12.0. The summed E-state index contributed by atoms with van der Waals surface area (Å²) in [6.07, 6.45) is 56.4. The average molecular weight is 861 g/mol. The Kier molecular flexibility index (Phi) is 49.3.